The Bertz CT molecular complexity index is 679. The molecule has 7 nitrogen and oxygen atoms in total. The van der Waals surface area contributed by atoms with E-state index in [-0.39, 0.29) is 11.8 Å². The molecular weight excluding hydrogens is 296 g/mol. The fourth-order valence-corrected chi connectivity index (χ4v) is 2.05. The lowest BCUT2D eigenvalue weighted by Gasteiger charge is -2.17. The first-order valence-corrected chi connectivity index (χ1v) is 7.36. The van der Waals surface area contributed by atoms with E-state index in [0.717, 1.165) is 5.69 Å². The standard InChI is InChI=1S/C16H20N4O3/c1-4-14(16(22)19-15-9-10(2)23-20-15)18-13-7-5-12(6-8-13)17-11(3)21/h5-9,14,18H,4H2,1-3H3,(H,17,21)(H,19,20,22)/t14-/m1/s1. The minimum Gasteiger partial charge on any atom is -0.374 e. The highest BCUT2D eigenvalue weighted by molar-refractivity contribution is 5.95. The average Bonchev–Trinajstić information content (AvgIpc) is 2.91. The van der Waals surface area contributed by atoms with Gasteiger partial charge in [0.05, 0.1) is 0 Å². The molecule has 0 saturated carbocycles. The Morgan fingerprint density at radius 1 is 1.17 bits per heavy atom. The summed E-state index contributed by atoms with van der Waals surface area (Å²) in [4.78, 5) is 23.3. The lowest BCUT2D eigenvalue weighted by molar-refractivity contribution is -0.117. The number of carbonyl (C=O) groups is 2. The molecule has 0 aliphatic rings. The number of aromatic nitrogens is 1. The molecule has 1 aromatic carbocycles. The van der Waals surface area contributed by atoms with Crippen molar-refractivity contribution in [3.63, 3.8) is 0 Å². The summed E-state index contributed by atoms with van der Waals surface area (Å²) < 4.78 is 4.92. The second-order valence-electron chi connectivity index (χ2n) is 5.18. The van der Waals surface area contributed by atoms with Gasteiger partial charge in [-0.15, -0.1) is 0 Å². The Morgan fingerprint density at radius 3 is 2.35 bits per heavy atom. The van der Waals surface area contributed by atoms with E-state index in [2.05, 4.69) is 21.1 Å². The molecule has 2 amide bonds. The van der Waals surface area contributed by atoms with Gasteiger partial charge in [-0.05, 0) is 37.6 Å². The number of aryl methyl sites for hydroxylation is 1. The topological polar surface area (TPSA) is 96.3 Å². The molecule has 0 radical (unpaired) electrons. The SMILES string of the molecule is CC[C@@H](Nc1ccc(NC(C)=O)cc1)C(=O)Nc1cc(C)on1. The summed E-state index contributed by atoms with van der Waals surface area (Å²) in [6.45, 7) is 5.13. The number of hydrogen-bond donors (Lipinski definition) is 3. The summed E-state index contributed by atoms with van der Waals surface area (Å²) in [5.74, 6) is 0.717. The molecule has 0 bridgehead atoms. The minimum atomic E-state index is -0.404. The second-order valence-corrected chi connectivity index (χ2v) is 5.18. The van der Waals surface area contributed by atoms with E-state index < -0.39 is 6.04 Å². The number of nitrogens with zero attached hydrogens (tertiary/aromatic N) is 1. The van der Waals surface area contributed by atoms with Crippen LogP contribution in [0.15, 0.2) is 34.9 Å². The van der Waals surface area contributed by atoms with E-state index in [9.17, 15) is 9.59 Å². The Balaban J connectivity index is 1.98. The van der Waals surface area contributed by atoms with Crippen molar-refractivity contribution in [2.75, 3.05) is 16.0 Å². The van der Waals surface area contributed by atoms with Crippen LogP contribution < -0.4 is 16.0 Å². The molecular formula is C16H20N4O3. The van der Waals surface area contributed by atoms with Crippen LogP contribution in [0.25, 0.3) is 0 Å². The maximum Gasteiger partial charge on any atom is 0.248 e. The first kappa shape index (κ1) is 16.5. The van der Waals surface area contributed by atoms with Crippen molar-refractivity contribution >= 4 is 29.0 Å². The molecule has 7 heteroatoms. The number of nitrogens with one attached hydrogen (secondary N) is 3. The predicted octanol–water partition coefficient (Wildman–Crippen LogP) is 2.77. The Kier molecular flexibility index (Phi) is 5.35. The van der Waals surface area contributed by atoms with Crippen molar-refractivity contribution in [2.45, 2.75) is 33.2 Å². The molecule has 0 fully saturated rings. The summed E-state index contributed by atoms with van der Waals surface area (Å²) in [5, 5.41) is 12.3. The first-order valence-electron chi connectivity index (χ1n) is 7.36. The molecule has 1 atom stereocenters. The molecule has 122 valence electrons. The van der Waals surface area contributed by atoms with E-state index in [0.29, 0.717) is 23.7 Å². The van der Waals surface area contributed by atoms with Crippen LogP contribution >= 0.6 is 0 Å². The van der Waals surface area contributed by atoms with Crippen LogP contribution in [0.2, 0.25) is 0 Å². The summed E-state index contributed by atoms with van der Waals surface area (Å²) in [5.41, 5.74) is 1.50. The van der Waals surface area contributed by atoms with Gasteiger partial charge in [0.1, 0.15) is 11.8 Å². The number of rotatable bonds is 6. The molecule has 0 saturated heterocycles. The third kappa shape index (κ3) is 4.84. The van der Waals surface area contributed by atoms with Crippen LogP contribution in [0.3, 0.4) is 0 Å². The lowest BCUT2D eigenvalue weighted by atomic mass is 10.2. The van der Waals surface area contributed by atoms with Crippen LogP contribution in [-0.2, 0) is 9.59 Å². The zero-order valence-corrected chi connectivity index (χ0v) is 13.3. The number of anilines is 3. The number of carbonyl (C=O) groups excluding carboxylic acids is 2. The molecule has 0 unspecified atom stereocenters. The van der Waals surface area contributed by atoms with Crippen molar-refractivity contribution < 1.29 is 14.1 Å². The van der Waals surface area contributed by atoms with Gasteiger partial charge in [0, 0.05) is 24.4 Å². The van der Waals surface area contributed by atoms with Gasteiger partial charge in [0.15, 0.2) is 5.82 Å². The monoisotopic (exact) mass is 316 g/mol. The summed E-state index contributed by atoms with van der Waals surface area (Å²) in [7, 11) is 0. The van der Waals surface area contributed by atoms with Crippen molar-refractivity contribution in [2.24, 2.45) is 0 Å². The van der Waals surface area contributed by atoms with Gasteiger partial charge in [-0.25, -0.2) is 0 Å². The zero-order chi connectivity index (χ0) is 16.8. The highest BCUT2D eigenvalue weighted by Crippen LogP contribution is 2.16. The highest BCUT2D eigenvalue weighted by atomic mass is 16.5. The fourth-order valence-electron chi connectivity index (χ4n) is 2.05. The van der Waals surface area contributed by atoms with Crippen LogP contribution in [0.5, 0.6) is 0 Å². The second kappa shape index (κ2) is 7.44. The third-order valence-corrected chi connectivity index (χ3v) is 3.15. The van der Waals surface area contributed by atoms with Crippen molar-refractivity contribution in [3.05, 3.63) is 36.1 Å². The Hall–Kier alpha value is -2.83. The highest BCUT2D eigenvalue weighted by Gasteiger charge is 2.17. The van der Waals surface area contributed by atoms with Gasteiger partial charge in [-0.1, -0.05) is 12.1 Å². The summed E-state index contributed by atoms with van der Waals surface area (Å²) >= 11 is 0. The molecule has 1 heterocycles. The average molecular weight is 316 g/mol. The van der Waals surface area contributed by atoms with E-state index in [1.54, 1.807) is 25.1 Å². The smallest absolute Gasteiger partial charge is 0.248 e. The molecule has 0 spiro atoms. The normalized spacial score (nSPS) is 11.6. The molecule has 1 aromatic heterocycles. The van der Waals surface area contributed by atoms with Gasteiger partial charge in [-0.3, -0.25) is 9.59 Å². The maximum atomic E-state index is 12.3. The largest absolute Gasteiger partial charge is 0.374 e. The fraction of sp³-hybridized carbons (Fsp3) is 0.312. The van der Waals surface area contributed by atoms with Crippen molar-refractivity contribution in [1.29, 1.82) is 0 Å². The molecule has 0 aliphatic carbocycles. The predicted molar refractivity (Wildman–Crippen MR) is 88.3 cm³/mol. The quantitative estimate of drug-likeness (QED) is 0.761. The Labute approximate surface area is 134 Å². The van der Waals surface area contributed by atoms with Gasteiger partial charge in [0.25, 0.3) is 0 Å². The van der Waals surface area contributed by atoms with E-state index in [4.69, 9.17) is 4.52 Å². The van der Waals surface area contributed by atoms with Gasteiger partial charge >= 0.3 is 0 Å². The van der Waals surface area contributed by atoms with Crippen molar-refractivity contribution in [3.8, 4) is 0 Å². The van der Waals surface area contributed by atoms with Crippen LogP contribution in [0.1, 0.15) is 26.0 Å². The van der Waals surface area contributed by atoms with Crippen molar-refractivity contribution in [1.82, 2.24) is 5.16 Å². The van der Waals surface area contributed by atoms with Gasteiger partial charge < -0.3 is 20.5 Å². The number of amides is 2. The van der Waals surface area contributed by atoms with Crippen LogP contribution in [-0.4, -0.2) is 23.0 Å². The maximum absolute atomic E-state index is 12.3. The van der Waals surface area contributed by atoms with E-state index in [1.807, 2.05) is 19.1 Å². The van der Waals surface area contributed by atoms with E-state index >= 15 is 0 Å². The van der Waals surface area contributed by atoms with E-state index in [1.165, 1.54) is 6.92 Å². The molecule has 2 aromatic rings. The van der Waals surface area contributed by atoms with Crippen LogP contribution in [0.4, 0.5) is 17.2 Å². The van der Waals surface area contributed by atoms with Gasteiger partial charge in [-0.2, -0.15) is 0 Å². The third-order valence-electron chi connectivity index (χ3n) is 3.15. The molecule has 3 N–H and O–H groups in total. The minimum absolute atomic E-state index is 0.126. The number of hydrogen-bond acceptors (Lipinski definition) is 5. The summed E-state index contributed by atoms with van der Waals surface area (Å²) in [6, 6.07) is 8.42. The Morgan fingerprint density at radius 2 is 1.83 bits per heavy atom. The van der Waals surface area contributed by atoms with Gasteiger partial charge in [0.2, 0.25) is 11.8 Å². The lowest BCUT2D eigenvalue weighted by Crippen LogP contribution is -2.34. The summed E-state index contributed by atoms with van der Waals surface area (Å²) in [6.07, 6.45) is 0.607. The number of benzene rings is 1. The van der Waals surface area contributed by atoms with Crippen LogP contribution in [0, 0.1) is 6.92 Å². The first-order chi connectivity index (χ1) is 11.0. The molecule has 2 rings (SSSR count). The molecule has 23 heavy (non-hydrogen) atoms. The molecule has 0 aliphatic heterocycles. The zero-order valence-electron chi connectivity index (χ0n) is 13.3.